The zero-order chi connectivity index (χ0) is 16.3. The van der Waals surface area contributed by atoms with E-state index in [-0.39, 0.29) is 29.2 Å². The molecule has 2 N–H and O–H groups in total. The second-order valence-corrected chi connectivity index (χ2v) is 18.8. The third-order valence-electron chi connectivity index (χ3n) is 1.53. The van der Waals surface area contributed by atoms with Crippen molar-refractivity contribution >= 4 is 73.3 Å². The van der Waals surface area contributed by atoms with E-state index in [2.05, 4.69) is 22.0 Å². The Morgan fingerprint density at radius 1 is 1.05 bits per heavy atom. The van der Waals surface area contributed by atoms with Gasteiger partial charge in [0.1, 0.15) is 0 Å². The average molecular weight is 520 g/mol. The second kappa shape index (κ2) is 14.6. The van der Waals surface area contributed by atoms with Crippen LogP contribution in [0.4, 0.5) is 0 Å². The molecule has 0 saturated heterocycles. The number of rotatable bonds is 3. The van der Waals surface area contributed by atoms with E-state index in [0.717, 1.165) is 0 Å². The van der Waals surface area contributed by atoms with Crippen LogP contribution in [0.3, 0.4) is 0 Å². The summed E-state index contributed by atoms with van der Waals surface area (Å²) >= 11 is 5.85. The molecular formula is C9H21BCl4IO2PTi. The third kappa shape index (κ3) is 26.2. The maximum absolute atomic E-state index is 8.83. The van der Waals surface area contributed by atoms with Gasteiger partial charge in [-0.2, -0.15) is 11.5 Å². The summed E-state index contributed by atoms with van der Waals surface area (Å²) in [6.07, 6.45) is 1.64. The normalized spacial score (nSPS) is 12.4. The molecule has 19 heavy (non-hydrogen) atoms. The van der Waals surface area contributed by atoms with Crippen molar-refractivity contribution in [2.75, 3.05) is 13.2 Å². The topological polar surface area (TPSA) is 40.5 Å². The van der Waals surface area contributed by atoms with Gasteiger partial charge in [-0.05, 0) is 5.41 Å². The van der Waals surface area contributed by atoms with Crippen LogP contribution in [0.25, 0.3) is 0 Å². The molecule has 1 atom stereocenters. The number of hydrogen-bond donors (Lipinski definition) is 2. The van der Waals surface area contributed by atoms with Crippen LogP contribution in [-0.2, 0) is 14.7 Å². The van der Waals surface area contributed by atoms with Gasteiger partial charge in [0.05, 0.1) is 6.61 Å². The van der Waals surface area contributed by atoms with E-state index < -0.39 is 14.7 Å². The van der Waals surface area contributed by atoms with E-state index in [9.17, 15) is 0 Å². The van der Waals surface area contributed by atoms with Gasteiger partial charge in [0.15, 0.2) is 0 Å². The van der Waals surface area contributed by atoms with Crippen molar-refractivity contribution in [2.45, 2.75) is 39.8 Å². The Kier molecular flexibility index (Phi) is 20.7. The van der Waals surface area contributed by atoms with E-state index in [1.54, 1.807) is 6.41 Å². The molecule has 1 radical (unpaired) electrons. The van der Waals surface area contributed by atoms with Crippen molar-refractivity contribution in [2.24, 2.45) is 5.41 Å². The molecule has 0 bridgehead atoms. The minimum absolute atomic E-state index is 0.0301. The third-order valence-corrected chi connectivity index (χ3v) is 9.32. The molecule has 0 aliphatic carbocycles. The molecule has 1 unspecified atom stereocenters. The molecule has 0 heterocycles. The number of halogens is 5. The molecule has 0 saturated carbocycles. The van der Waals surface area contributed by atoms with Crippen LogP contribution < -0.4 is 0 Å². The van der Waals surface area contributed by atoms with Gasteiger partial charge < -0.3 is 10.2 Å². The predicted octanol–water partition coefficient (Wildman–Crippen LogP) is 5.45. The SMILES string of the molecule is CC(C)(C)CO.CC(C)(CO)P(I)[B]Cl.[Cl][Ti]([Cl])[Cl]. The summed E-state index contributed by atoms with van der Waals surface area (Å²) in [5.74, 6) is 0. The summed E-state index contributed by atoms with van der Waals surface area (Å²) in [5, 5.41) is 17.2. The van der Waals surface area contributed by atoms with Gasteiger partial charge in [0.2, 0.25) is 0 Å². The van der Waals surface area contributed by atoms with Gasteiger partial charge in [0, 0.05) is 11.8 Å². The summed E-state index contributed by atoms with van der Waals surface area (Å²) in [6.45, 7) is 10.5. The Labute approximate surface area is 155 Å². The van der Waals surface area contributed by atoms with Gasteiger partial charge in [0.25, 0.3) is 6.41 Å². The first-order valence-corrected chi connectivity index (χ1v) is 16.4. The van der Waals surface area contributed by atoms with Crippen LogP contribution in [0, 0.1) is 5.41 Å². The monoisotopic (exact) mass is 518 g/mol. The van der Waals surface area contributed by atoms with E-state index in [1.807, 2.05) is 34.6 Å². The molecule has 0 rings (SSSR count). The molecule has 116 valence electrons. The fourth-order valence-electron chi connectivity index (χ4n) is 0.200. The Balaban J connectivity index is -0.000000222. The summed E-state index contributed by atoms with van der Waals surface area (Å²) in [5.41, 5.74) is -0.264. The standard InChI is InChI=1S/C5H12O.C4H9BClIOP.3ClH.Ti/c1-5(2,3)4-6;1-4(2,3-8)9(7)5-6;;;;/h6H,4H2,1-3H3;8H,3H2,1-2H3;3*1H;/q;;;;;+3/p-3. The summed E-state index contributed by atoms with van der Waals surface area (Å²) in [7, 11) is 14.9. The molecule has 10 heteroatoms. The van der Waals surface area contributed by atoms with Gasteiger partial charge in [-0.3, -0.25) is 0 Å². The molecule has 0 aliphatic heterocycles. The van der Waals surface area contributed by atoms with Crippen LogP contribution in [-0.4, -0.2) is 35.0 Å². The van der Waals surface area contributed by atoms with Crippen LogP contribution in [0.1, 0.15) is 34.6 Å². The molecule has 0 aromatic heterocycles. The van der Waals surface area contributed by atoms with Crippen molar-refractivity contribution in [1.29, 1.82) is 0 Å². The molecule has 0 aliphatic rings. The zero-order valence-electron chi connectivity index (χ0n) is 11.7. The average Bonchev–Trinajstić information content (AvgIpc) is 2.27. The Bertz CT molecular complexity index is 208. The van der Waals surface area contributed by atoms with E-state index in [4.69, 9.17) is 49.6 Å². The van der Waals surface area contributed by atoms with Gasteiger partial charge in [-0.15, -0.1) is 0 Å². The molecule has 0 fully saturated rings. The van der Waals surface area contributed by atoms with Crippen molar-refractivity contribution < 1.29 is 24.9 Å². The Morgan fingerprint density at radius 2 is 1.32 bits per heavy atom. The maximum atomic E-state index is 8.83. The second-order valence-electron chi connectivity index (χ2n) is 5.31. The number of aliphatic hydroxyl groups is 2. The first-order chi connectivity index (χ1) is 8.33. The number of hydrogen-bond acceptors (Lipinski definition) is 2. The number of aliphatic hydroxyl groups excluding tert-OH is 2. The van der Waals surface area contributed by atoms with Crippen molar-refractivity contribution in [3.05, 3.63) is 0 Å². The van der Waals surface area contributed by atoms with Crippen LogP contribution in [0.5, 0.6) is 0 Å². The van der Waals surface area contributed by atoms with Gasteiger partial charge in [-0.1, -0.05) is 62.1 Å². The summed E-state index contributed by atoms with van der Waals surface area (Å²) < 4.78 is 0. The quantitative estimate of drug-likeness (QED) is 0.296. The zero-order valence-corrected chi connectivity index (χ0v) is 19.4. The first kappa shape index (κ1) is 26.9. The van der Waals surface area contributed by atoms with Crippen LogP contribution in [0.15, 0.2) is 0 Å². The molecule has 0 aromatic carbocycles. The summed E-state index contributed by atoms with van der Waals surface area (Å²) in [6, 6.07) is 0. The Hall–Kier alpha value is 3.02. The minimum atomic E-state index is -1.92. The fourth-order valence-corrected chi connectivity index (χ4v) is 1.85. The van der Waals surface area contributed by atoms with Gasteiger partial charge >= 0.3 is 42.6 Å². The van der Waals surface area contributed by atoms with Crippen molar-refractivity contribution in [3.63, 3.8) is 0 Å². The Morgan fingerprint density at radius 3 is 1.37 bits per heavy atom. The molecule has 0 spiro atoms. The van der Waals surface area contributed by atoms with Gasteiger partial charge in [-0.25, -0.2) is 0 Å². The molecular weight excluding hydrogens is 498 g/mol. The first-order valence-electron chi connectivity index (χ1n) is 5.28. The van der Waals surface area contributed by atoms with E-state index >= 15 is 0 Å². The molecule has 0 aromatic rings. The van der Waals surface area contributed by atoms with Crippen LogP contribution >= 0.6 is 66.9 Å². The fraction of sp³-hybridized carbons (Fsp3) is 1.00. The van der Waals surface area contributed by atoms with E-state index in [0.29, 0.717) is 0 Å². The van der Waals surface area contributed by atoms with Crippen LogP contribution in [0.2, 0.25) is 0 Å². The van der Waals surface area contributed by atoms with Crippen molar-refractivity contribution in [1.82, 2.24) is 0 Å². The van der Waals surface area contributed by atoms with E-state index in [1.165, 1.54) is 0 Å². The molecule has 2 nitrogen and oxygen atoms in total. The van der Waals surface area contributed by atoms with Crippen molar-refractivity contribution in [3.8, 4) is 0 Å². The molecule has 0 amide bonds. The summed E-state index contributed by atoms with van der Waals surface area (Å²) in [4.78, 5) is 0. The predicted molar refractivity (Wildman–Crippen MR) is 97.8 cm³/mol.